The first-order valence-electron chi connectivity index (χ1n) is 8.32. The third-order valence-electron chi connectivity index (χ3n) is 4.24. The predicted molar refractivity (Wildman–Crippen MR) is 97.0 cm³/mol. The monoisotopic (exact) mass is 363 g/mol. The van der Waals surface area contributed by atoms with Gasteiger partial charge in [-0.25, -0.2) is 9.18 Å². The van der Waals surface area contributed by atoms with Crippen LogP contribution in [-0.4, -0.2) is 42.1 Å². The number of nitrogens with one attached hydrogen (secondary N) is 2. The Balaban J connectivity index is 1.51. The van der Waals surface area contributed by atoms with E-state index in [1.54, 1.807) is 24.7 Å². The van der Waals surface area contributed by atoms with Crippen LogP contribution in [0.2, 0.25) is 0 Å². The maximum absolute atomic E-state index is 12.9. The first-order chi connectivity index (χ1) is 12.2. The van der Waals surface area contributed by atoms with Gasteiger partial charge in [0.15, 0.2) is 0 Å². The Labute approximate surface area is 151 Å². The summed E-state index contributed by atoms with van der Waals surface area (Å²) in [6.07, 6.45) is 3.40. The number of urea groups is 1. The van der Waals surface area contributed by atoms with E-state index in [1.807, 2.05) is 17.8 Å². The molecule has 1 aliphatic heterocycles. The number of thioether (sulfide) groups is 1. The second-order valence-corrected chi connectivity index (χ2v) is 7.14. The molecule has 1 aliphatic rings. The van der Waals surface area contributed by atoms with Crippen LogP contribution in [-0.2, 0) is 6.54 Å². The molecule has 1 atom stereocenters. The molecule has 2 heterocycles. The maximum atomic E-state index is 12.9. The molecule has 0 bridgehead atoms. The highest BCUT2D eigenvalue weighted by Crippen LogP contribution is 2.24. The molecule has 2 amide bonds. The minimum absolute atomic E-state index is 0.108. The van der Waals surface area contributed by atoms with Crippen LogP contribution >= 0.6 is 11.8 Å². The third-order valence-corrected chi connectivity index (χ3v) is 5.18. The first kappa shape index (κ1) is 17.8. The van der Waals surface area contributed by atoms with E-state index in [1.165, 1.54) is 12.1 Å². The topological polar surface area (TPSA) is 57.5 Å². The lowest BCUT2D eigenvalue weighted by Gasteiger charge is -2.33. The fraction of sp³-hybridized carbons (Fsp3) is 0.389. The van der Waals surface area contributed by atoms with Crippen molar-refractivity contribution in [2.75, 3.05) is 31.1 Å². The molecule has 1 saturated heterocycles. The van der Waals surface area contributed by atoms with Gasteiger partial charge in [-0.3, -0.25) is 4.90 Å². The van der Waals surface area contributed by atoms with E-state index in [0.717, 1.165) is 35.7 Å². The zero-order valence-electron chi connectivity index (χ0n) is 13.9. The number of carbonyl (C=O) groups is 1. The molecule has 0 unspecified atom stereocenters. The average Bonchev–Trinajstić information content (AvgIpc) is 3.17. The molecule has 0 radical (unpaired) electrons. The van der Waals surface area contributed by atoms with Crippen molar-refractivity contribution in [2.24, 2.45) is 0 Å². The number of benzene rings is 1. The zero-order valence-corrected chi connectivity index (χ0v) is 14.7. The minimum Gasteiger partial charge on any atom is -0.472 e. The van der Waals surface area contributed by atoms with Gasteiger partial charge in [0, 0.05) is 43.2 Å². The zero-order chi connectivity index (χ0) is 17.5. The second-order valence-electron chi connectivity index (χ2n) is 5.91. The molecule has 0 spiro atoms. The van der Waals surface area contributed by atoms with Gasteiger partial charge in [-0.2, -0.15) is 11.8 Å². The quantitative estimate of drug-likeness (QED) is 0.828. The van der Waals surface area contributed by atoms with Crippen molar-refractivity contribution >= 4 is 17.8 Å². The number of amides is 2. The molecule has 0 saturated carbocycles. The van der Waals surface area contributed by atoms with E-state index in [2.05, 4.69) is 15.5 Å². The van der Waals surface area contributed by atoms with E-state index in [4.69, 9.17) is 4.42 Å². The highest BCUT2D eigenvalue weighted by Gasteiger charge is 2.23. The van der Waals surface area contributed by atoms with Crippen LogP contribution in [0.25, 0.3) is 0 Å². The predicted octanol–water partition coefficient (Wildman–Crippen LogP) is 3.01. The van der Waals surface area contributed by atoms with Gasteiger partial charge in [-0.1, -0.05) is 12.1 Å². The van der Waals surface area contributed by atoms with Gasteiger partial charge < -0.3 is 15.1 Å². The fourth-order valence-corrected chi connectivity index (χ4v) is 3.78. The molecule has 3 rings (SSSR count). The molecular weight excluding hydrogens is 341 g/mol. The number of halogens is 1. The van der Waals surface area contributed by atoms with Gasteiger partial charge >= 0.3 is 6.03 Å². The van der Waals surface area contributed by atoms with Gasteiger partial charge in [0.25, 0.3) is 0 Å². The van der Waals surface area contributed by atoms with Crippen molar-refractivity contribution in [3.05, 3.63) is 59.8 Å². The summed E-state index contributed by atoms with van der Waals surface area (Å²) in [5.41, 5.74) is 1.93. The van der Waals surface area contributed by atoms with Crippen molar-refractivity contribution in [3.8, 4) is 0 Å². The summed E-state index contributed by atoms with van der Waals surface area (Å²) >= 11 is 1.95. The molecule has 7 heteroatoms. The molecule has 25 heavy (non-hydrogen) atoms. The Morgan fingerprint density at radius 1 is 1.20 bits per heavy atom. The lowest BCUT2D eigenvalue weighted by Crippen LogP contribution is -2.44. The number of furan rings is 1. The SMILES string of the molecule is O=C(NCc1ccc(F)cc1)NC[C@H](c1ccoc1)N1CCSCC1. The molecule has 1 aromatic heterocycles. The van der Waals surface area contributed by atoms with Crippen molar-refractivity contribution in [2.45, 2.75) is 12.6 Å². The Hall–Kier alpha value is -1.99. The van der Waals surface area contributed by atoms with Gasteiger partial charge in [0.1, 0.15) is 5.82 Å². The molecule has 134 valence electrons. The van der Waals surface area contributed by atoms with Crippen molar-refractivity contribution in [1.29, 1.82) is 0 Å². The first-order valence-corrected chi connectivity index (χ1v) is 9.48. The van der Waals surface area contributed by atoms with Gasteiger partial charge in [0.2, 0.25) is 0 Å². The Morgan fingerprint density at radius 3 is 2.64 bits per heavy atom. The standard InChI is InChI=1S/C18H22FN3O2S/c19-16-3-1-14(2-4-16)11-20-18(23)21-12-17(15-5-8-24-13-15)22-6-9-25-10-7-22/h1-5,8,13,17H,6-7,9-12H2,(H2,20,21,23)/t17-/m1/s1. The number of nitrogens with zero attached hydrogens (tertiary/aromatic N) is 1. The van der Waals surface area contributed by atoms with Crippen LogP contribution < -0.4 is 10.6 Å². The van der Waals surface area contributed by atoms with E-state index in [-0.39, 0.29) is 17.9 Å². The number of hydrogen-bond acceptors (Lipinski definition) is 4. The summed E-state index contributed by atoms with van der Waals surface area (Å²) in [6.45, 7) is 2.88. The summed E-state index contributed by atoms with van der Waals surface area (Å²) in [5.74, 6) is 1.92. The fourth-order valence-electron chi connectivity index (χ4n) is 2.85. The van der Waals surface area contributed by atoms with E-state index in [0.29, 0.717) is 13.1 Å². The van der Waals surface area contributed by atoms with E-state index in [9.17, 15) is 9.18 Å². The summed E-state index contributed by atoms with van der Waals surface area (Å²) < 4.78 is 18.1. The molecule has 2 N–H and O–H groups in total. The molecule has 2 aromatic rings. The largest absolute Gasteiger partial charge is 0.472 e. The second kappa shape index (κ2) is 8.92. The van der Waals surface area contributed by atoms with Crippen LogP contribution in [0.3, 0.4) is 0 Å². The molecule has 1 aromatic carbocycles. The smallest absolute Gasteiger partial charge is 0.315 e. The van der Waals surface area contributed by atoms with Crippen LogP contribution in [0.4, 0.5) is 9.18 Å². The van der Waals surface area contributed by atoms with E-state index < -0.39 is 0 Å². The molecular formula is C18H22FN3O2S. The van der Waals surface area contributed by atoms with Crippen LogP contribution in [0.1, 0.15) is 17.2 Å². The number of carbonyl (C=O) groups excluding carboxylic acids is 1. The normalized spacial score (nSPS) is 16.4. The number of hydrogen-bond donors (Lipinski definition) is 2. The summed E-state index contributed by atoms with van der Waals surface area (Å²) in [6, 6.07) is 7.92. The maximum Gasteiger partial charge on any atom is 0.315 e. The van der Waals surface area contributed by atoms with Crippen molar-refractivity contribution < 1.29 is 13.6 Å². The van der Waals surface area contributed by atoms with Crippen LogP contribution in [0.15, 0.2) is 47.3 Å². The van der Waals surface area contributed by atoms with Crippen molar-refractivity contribution in [1.82, 2.24) is 15.5 Å². The molecule has 1 fully saturated rings. The van der Waals surface area contributed by atoms with Crippen molar-refractivity contribution in [3.63, 3.8) is 0 Å². The van der Waals surface area contributed by atoms with Gasteiger partial charge in [0.05, 0.1) is 18.6 Å². The Morgan fingerprint density at radius 2 is 1.96 bits per heavy atom. The van der Waals surface area contributed by atoms with Gasteiger partial charge in [-0.15, -0.1) is 0 Å². The Bertz CT molecular complexity index is 657. The average molecular weight is 363 g/mol. The molecule has 5 nitrogen and oxygen atoms in total. The number of rotatable bonds is 6. The summed E-state index contributed by atoms with van der Waals surface area (Å²) in [5, 5.41) is 5.74. The molecule has 0 aliphatic carbocycles. The highest BCUT2D eigenvalue weighted by atomic mass is 32.2. The summed E-state index contributed by atoms with van der Waals surface area (Å²) in [7, 11) is 0. The highest BCUT2D eigenvalue weighted by molar-refractivity contribution is 7.99. The minimum atomic E-state index is -0.282. The third kappa shape index (κ3) is 5.24. The summed E-state index contributed by atoms with van der Waals surface area (Å²) in [4.78, 5) is 14.5. The Kier molecular flexibility index (Phi) is 6.36. The van der Waals surface area contributed by atoms with E-state index >= 15 is 0 Å². The lowest BCUT2D eigenvalue weighted by molar-refractivity contribution is 0.205. The van der Waals surface area contributed by atoms with Crippen LogP contribution in [0.5, 0.6) is 0 Å². The van der Waals surface area contributed by atoms with Crippen LogP contribution in [0, 0.1) is 5.82 Å². The van der Waals surface area contributed by atoms with Gasteiger partial charge in [-0.05, 0) is 23.8 Å². The lowest BCUT2D eigenvalue weighted by atomic mass is 10.1.